The zero-order valence-electron chi connectivity index (χ0n) is 13.6. The number of nitrogens with zero attached hydrogens (tertiary/aromatic N) is 1. The number of rotatable bonds is 9. The zero-order chi connectivity index (χ0) is 16.2. The monoisotopic (exact) mass is 330 g/mol. The molecular formula is C15H30N4O2S. The summed E-state index contributed by atoms with van der Waals surface area (Å²) in [6.45, 7) is 4.02. The molecule has 6 nitrogen and oxygen atoms in total. The molecule has 1 rings (SSSR count). The van der Waals surface area contributed by atoms with Crippen LogP contribution in [0.1, 0.15) is 38.5 Å². The fourth-order valence-corrected chi connectivity index (χ4v) is 3.14. The maximum absolute atomic E-state index is 12.1. The number of carbonyl (C=O) groups is 2. The maximum atomic E-state index is 12.1. The predicted molar refractivity (Wildman–Crippen MR) is 92.0 cm³/mol. The summed E-state index contributed by atoms with van der Waals surface area (Å²) in [5.74, 6) is 0.676. The minimum absolute atomic E-state index is 0.135. The quantitative estimate of drug-likeness (QED) is 0.554. The number of likely N-dealkylation sites (tertiary alicyclic amines) is 1. The summed E-state index contributed by atoms with van der Waals surface area (Å²) < 4.78 is 0. The SMILES string of the molecule is CSCCC(NC(N)=O)C(=O)NCCCN1CCCCCC1. The van der Waals surface area contributed by atoms with E-state index in [9.17, 15) is 9.59 Å². The van der Waals surface area contributed by atoms with Crippen molar-refractivity contribution in [2.24, 2.45) is 5.73 Å². The smallest absolute Gasteiger partial charge is 0.312 e. The van der Waals surface area contributed by atoms with Gasteiger partial charge in [0.2, 0.25) is 5.91 Å². The number of urea groups is 1. The highest BCUT2D eigenvalue weighted by Crippen LogP contribution is 2.09. The fraction of sp³-hybridized carbons (Fsp3) is 0.867. The summed E-state index contributed by atoms with van der Waals surface area (Å²) >= 11 is 1.64. The van der Waals surface area contributed by atoms with Crippen molar-refractivity contribution in [3.8, 4) is 0 Å². The Morgan fingerprint density at radius 2 is 1.91 bits per heavy atom. The van der Waals surface area contributed by atoms with Gasteiger partial charge in [0, 0.05) is 6.54 Å². The summed E-state index contributed by atoms with van der Waals surface area (Å²) in [6, 6.07) is -1.17. The van der Waals surface area contributed by atoms with Gasteiger partial charge in [-0.2, -0.15) is 11.8 Å². The summed E-state index contributed by atoms with van der Waals surface area (Å²) in [4.78, 5) is 25.5. The second-order valence-corrected chi connectivity index (χ2v) is 6.73. The third-order valence-electron chi connectivity index (χ3n) is 3.89. The average molecular weight is 330 g/mol. The Kier molecular flexibility index (Phi) is 10.1. The Balaban J connectivity index is 2.22. The molecule has 0 aromatic carbocycles. The third kappa shape index (κ3) is 8.48. The predicted octanol–water partition coefficient (Wildman–Crippen LogP) is 1.16. The first-order chi connectivity index (χ1) is 10.6. The zero-order valence-corrected chi connectivity index (χ0v) is 14.4. The summed E-state index contributed by atoms with van der Waals surface area (Å²) in [6.07, 6.45) is 8.75. The molecule has 1 unspecified atom stereocenters. The fourth-order valence-electron chi connectivity index (χ4n) is 2.67. The molecule has 1 saturated heterocycles. The van der Waals surface area contributed by atoms with Gasteiger partial charge in [-0.25, -0.2) is 4.79 Å². The molecule has 3 amide bonds. The molecule has 0 aliphatic carbocycles. The van der Waals surface area contributed by atoms with Gasteiger partial charge in [-0.3, -0.25) is 4.79 Å². The molecule has 0 bridgehead atoms. The van der Waals surface area contributed by atoms with Gasteiger partial charge >= 0.3 is 6.03 Å². The van der Waals surface area contributed by atoms with Crippen LogP contribution in [0.5, 0.6) is 0 Å². The Labute approximate surface area is 137 Å². The first kappa shape index (κ1) is 19.1. The molecule has 1 atom stereocenters. The van der Waals surface area contributed by atoms with E-state index < -0.39 is 12.1 Å². The Hall–Kier alpha value is -0.950. The molecule has 1 fully saturated rings. The van der Waals surface area contributed by atoms with Gasteiger partial charge in [-0.05, 0) is 57.3 Å². The Morgan fingerprint density at radius 3 is 2.50 bits per heavy atom. The maximum Gasteiger partial charge on any atom is 0.312 e. The van der Waals surface area contributed by atoms with Crippen molar-refractivity contribution in [1.82, 2.24) is 15.5 Å². The molecule has 0 saturated carbocycles. The first-order valence-electron chi connectivity index (χ1n) is 8.18. The lowest BCUT2D eigenvalue weighted by Crippen LogP contribution is -2.49. The molecule has 1 aliphatic heterocycles. The van der Waals surface area contributed by atoms with Crippen LogP contribution >= 0.6 is 11.8 Å². The van der Waals surface area contributed by atoms with Gasteiger partial charge in [0.1, 0.15) is 6.04 Å². The van der Waals surface area contributed by atoms with Crippen LogP contribution in [0.2, 0.25) is 0 Å². The molecule has 1 aliphatic rings. The minimum Gasteiger partial charge on any atom is -0.354 e. The van der Waals surface area contributed by atoms with Crippen molar-refractivity contribution in [2.45, 2.75) is 44.6 Å². The van der Waals surface area contributed by atoms with Crippen LogP contribution in [-0.4, -0.2) is 61.1 Å². The van der Waals surface area contributed by atoms with Crippen molar-refractivity contribution in [1.29, 1.82) is 0 Å². The number of nitrogens with one attached hydrogen (secondary N) is 2. The van der Waals surface area contributed by atoms with E-state index in [-0.39, 0.29) is 5.91 Å². The standard InChI is InChI=1S/C15H30N4O2S/c1-22-12-7-13(18-15(16)21)14(20)17-8-6-11-19-9-4-2-3-5-10-19/h13H,2-12H2,1H3,(H,17,20)(H3,16,18,21). The first-order valence-corrected chi connectivity index (χ1v) is 9.58. The topological polar surface area (TPSA) is 87.5 Å². The van der Waals surface area contributed by atoms with Gasteiger partial charge in [0.05, 0.1) is 0 Å². The van der Waals surface area contributed by atoms with Crippen molar-refractivity contribution in [3.63, 3.8) is 0 Å². The van der Waals surface area contributed by atoms with Crippen molar-refractivity contribution in [3.05, 3.63) is 0 Å². The summed E-state index contributed by atoms with van der Waals surface area (Å²) in [5.41, 5.74) is 5.13. The van der Waals surface area contributed by atoms with Crippen LogP contribution in [0.3, 0.4) is 0 Å². The number of primary amides is 1. The molecule has 0 spiro atoms. The number of amides is 3. The van der Waals surface area contributed by atoms with Crippen molar-refractivity contribution in [2.75, 3.05) is 38.2 Å². The number of hydrogen-bond donors (Lipinski definition) is 3. The number of nitrogens with two attached hydrogens (primary N) is 1. The van der Waals surface area contributed by atoms with Crippen LogP contribution in [0.4, 0.5) is 4.79 Å². The van der Waals surface area contributed by atoms with Gasteiger partial charge in [0.25, 0.3) is 0 Å². The van der Waals surface area contributed by atoms with E-state index in [1.165, 1.54) is 38.8 Å². The lowest BCUT2D eigenvalue weighted by Gasteiger charge is -2.20. The molecule has 128 valence electrons. The summed E-state index contributed by atoms with van der Waals surface area (Å²) in [7, 11) is 0. The minimum atomic E-state index is -0.647. The molecule has 4 N–H and O–H groups in total. The average Bonchev–Trinajstić information content (AvgIpc) is 2.76. The van der Waals surface area contributed by atoms with Crippen molar-refractivity contribution < 1.29 is 9.59 Å². The van der Waals surface area contributed by atoms with Crippen LogP contribution in [0.15, 0.2) is 0 Å². The van der Waals surface area contributed by atoms with E-state index in [0.717, 1.165) is 18.7 Å². The van der Waals surface area contributed by atoms with E-state index in [2.05, 4.69) is 15.5 Å². The highest BCUT2D eigenvalue weighted by molar-refractivity contribution is 7.98. The Morgan fingerprint density at radius 1 is 1.23 bits per heavy atom. The number of thioether (sulfide) groups is 1. The van der Waals surface area contributed by atoms with Crippen molar-refractivity contribution >= 4 is 23.7 Å². The second kappa shape index (κ2) is 11.6. The van der Waals surface area contributed by atoms with Gasteiger partial charge in [0.15, 0.2) is 0 Å². The van der Waals surface area contributed by atoms with Crippen LogP contribution < -0.4 is 16.4 Å². The van der Waals surface area contributed by atoms with Gasteiger partial charge in [-0.15, -0.1) is 0 Å². The molecule has 0 aromatic rings. The van der Waals surface area contributed by atoms with Crippen LogP contribution in [-0.2, 0) is 4.79 Å². The largest absolute Gasteiger partial charge is 0.354 e. The summed E-state index contributed by atoms with van der Waals surface area (Å²) in [5, 5.41) is 5.42. The molecule has 7 heteroatoms. The molecule has 0 radical (unpaired) electrons. The van der Waals surface area contributed by atoms with E-state index in [1.807, 2.05) is 6.26 Å². The Bertz CT molecular complexity index is 334. The third-order valence-corrected chi connectivity index (χ3v) is 4.54. The highest BCUT2D eigenvalue weighted by Gasteiger charge is 2.18. The molecular weight excluding hydrogens is 300 g/mol. The van der Waals surface area contributed by atoms with Gasteiger partial charge in [-0.1, -0.05) is 12.8 Å². The number of hydrogen-bond acceptors (Lipinski definition) is 4. The normalized spacial score (nSPS) is 17.5. The second-order valence-electron chi connectivity index (χ2n) is 5.74. The van der Waals surface area contributed by atoms with E-state index in [4.69, 9.17) is 5.73 Å². The van der Waals surface area contributed by atoms with Gasteiger partial charge < -0.3 is 21.3 Å². The van der Waals surface area contributed by atoms with E-state index in [0.29, 0.717) is 13.0 Å². The highest BCUT2D eigenvalue weighted by atomic mass is 32.2. The van der Waals surface area contributed by atoms with E-state index >= 15 is 0 Å². The van der Waals surface area contributed by atoms with E-state index in [1.54, 1.807) is 11.8 Å². The number of carbonyl (C=O) groups excluding carboxylic acids is 2. The lowest BCUT2D eigenvalue weighted by atomic mass is 10.2. The molecule has 1 heterocycles. The lowest BCUT2D eigenvalue weighted by molar-refractivity contribution is -0.122. The van der Waals surface area contributed by atoms with Crippen LogP contribution in [0.25, 0.3) is 0 Å². The molecule has 0 aromatic heterocycles. The van der Waals surface area contributed by atoms with Crippen LogP contribution in [0, 0.1) is 0 Å². The molecule has 22 heavy (non-hydrogen) atoms.